The van der Waals surface area contributed by atoms with E-state index in [-0.39, 0.29) is 27.1 Å². The first-order chi connectivity index (χ1) is 14.3. The zero-order valence-electron chi connectivity index (χ0n) is 15.6. The highest BCUT2D eigenvalue weighted by atomic mass is 32.2. The van der Waals surface area contributed by atoms with E-state index >= 15 is 0 Å². The van der Waals surface area contributed by atoms with E-state index in [1.54, 1.807) is 30.3 Å². The van der Waals surface area contributed by atoms with E-state index in [4.69, 9.17) is 16.6 Å². The number of thiocarbonyl (C=S) groups is 1. The second-order valence-electron chi connectivity index (χ2n) is 6.16. The topological polar surface area (TPSA) is 114 Å². The van der Waals surface area contributed by atoms with Gasteiger partial charge in [0.15, 0.2) is 0 Å². The molecule has 1 aromatic carbocycles. The molecule has 1 unspecified atom stereocenters. The van der Waals surface area contributed by atoms with Crippen LogP contribution in [0.15, 0.2) is 45.7 Å². The number of para-hydroxylation sites is 1. The fraction of sp³-hybridized carbons (Fsp3) is 0.211. The predicted octanol–water partition coefficient (Wildman–Crippen LogP) is 4.26. The molecule has 1 saturated heterocycles. The highest BCUT2D eigenvalue weighted by Gasteiger charge is 2.40. The minimum absolute atomic E-state index is 0.0946. The van der Waals surface area contributed by atoms with Crippen LogP contribution < -0.4 is 0 Å². The van der Waals surface area contributed by atoms with Crippen molar-refractivity contribution in [1.29, 1.82) is 0 Å². The lowest BCUT2D eigenvalue weighted by Crippen LogP contribution is -2.44. The van der Waals surface area contributed by atoms with E-state index in [9.17, 15) is 24.8 Å². The first kappa shape index (κ1) is 22.1. The third kappa shape index (κ3) is 4.58. The molecule has 156 valence electrons. The number of hydrogen-bond acceptors (Lipinski definition) is 8. The van der Waals surface area contributed by atoms with Crippen LogP contribution in [-0.2, 0) is 9.59 Å². The summed E-state index contributed by atoms with van der Waals surface area (Å²) in [7, 11) is 0. The number of hydrogen-bond donors (Lipinski definition) is 1. The summed E-state index contributed by atoms with van der Waals surface area (Å²) < 4.78 is 5.86. The number of rotatable bonds is 8. The maximum Gasteiger partial charge on any atom is 0.326 e. The Bertz CT molecular complexity index is 1050. The third-order valence-corrected chi connectivity index (χ3v) is 6.26. The number of aliphatic carboxylic acids is 1. The summed E-state index contributed by atoms with van der Waals surface area (Å²) >= 11 is 7.72. The number of carboxylic acid groups (broad SMARTS) is 1. The van der Waals surface area contributed by atoms with Gasteiger partial charge in [0, 0.05) is 12.1 Å². The molecule has 0 saturated carbocycles. The summed E-state index contributed by atoms with van der Waals surface area (Å²) in [5.74, 6) is -0.447. The molecule has 1 atom stereocenters. The number of thioether (sulfide) groups is 2. The highest BCUT2D eigenvalue weighted by molar-refractivity contribution is 8.26. The van der Waals surface area contributed by atoms with Crippen LogP contribution in [0.5, 0.6) is 0 Å². The van der Waals surface area contributed by atoms with Crippen molar-refractivity contribution in [3.8, 4) is 11.3 Å². The van der Waals surface area contributed by atoms with E-state index in [0.717, 1.165) is 16.7 Å². The normalized spacial score (nSPS) is 16.3. The number of amides is 1. The fourth-order valence-electron chi connectivity index (χ4n) is 2.89. The van der Waals surface area contributed by atoms with Gasteiger partial charge in [-0.3, -0.25) is 19.8 Å². The smallest absolute Gasteiger partial charge is 0.326 e. The zero-order chi connectivity index (χ0) is 21.8. The van der Waals surface area contributed by atoms with Gasteiger partial charge in [-0.15, -0.1) is 0 Å². The van der Waals surface area contributed by atoms with E-state index in [1.807, 2.05) is 6.26 Å². The lowest BCUT2D eigenvalue weighted by Gasteiger charge is -2.22. The molecule has 3 rings (SSSR count). The first-order valence-corrected chi connectivity index (χ1v) is 11.3. The predicted molar refractivity (Wildman–Crippen MR) is 120 cm³/mol. The number of carboxylic acids is 1. The summed E-state index contributed by atoms with van der Waals surface area (Å²) in [5.41, 5.74) is 0.223. The molecule has 30 heavy (non-hydrogen) atoms. The quantitative estimate of drug-likeness (QED) is 0.265. The molecule has 0 spiro atoms. The van der Waals surface area contributed by atoms with Crippen molar-refractivity contribution in [3.63, 3.8) is 0 Å². The summed E-state index contributed by atoms with van der Waals surface area (Å²) in [6, 6.07) is 8.31. The number of carbonyl (C=O) groups is 2. The van der Waals surface area contributed by atoms with Crippen molar-refractivity contribution in [1.82, 2.24) is 4.90 Å². The average Bonchev–Trinajstić information content (AvgIpc) is 3.28. The minimum atomic E-state index is -1.11. The summed E-state index contributed by atoms with van der Waals surface area (Å²) in [5, 5.41) is 20.7. The molecule has 1 amide bonds. The summed E-state index contributed by atoms with van der Waals surface area (Å²) in [6.45, 7) is 0. The van der Waals surface area contributed by atoms with E-state index in [0.29, 0.717) is 17.1 Å². The van der Waals surface area contributed by atoms with Crippen LogP contribution >= 0.6 is 35.7 Å². The van der Waals surface area contributed by atoms with Crippen molar-refractivity contribution >= 4 is 63.7 Å². The van der Waals surface area contributed by atoms with E-state index in [1.165, 1.54) is 23.9 Å². The van der Waals surface area contributed by atoms with E-state index in [2.05, 4.69) is 0 Å². The van der Waals surface area contributed by atoms with Crippen molar-refractivity contribution in [3.05, 3.63) is 57.2 Å². The number of nitro benzene ring substituents is 1. The molecule has 2 aromatic rings. The van der Waals surface area contributed by atoms with Gasteiger partial charge in [0.2, 0.25) is 0 Å². The molecule has 2 heterocycles. The molecule has 1 fully saturated rings. The Morgan fingerprint density at radius 1 is 1.40 bits per heavy atom. The third-order valence-electron chi connectivity index (χ3n) is 4.28. The molecule has 1 N–H and O–H groups in total. The maximum absolute atomic E-state index is 12.8. The van der Waals surface area contributed by atoms with Gasteiger partial charge in [-0.25, -0.2) is 4.79 Å². The van der Waals surface area contributed by atoms with Crippen molar-refractivity contribution in [2.45, 2.75) is 12.5 Å². The second kappa shape index (κ2) is 9.45. The van der Waals surface area contributed by atoms with Crippen molar-refractivity contribution in [2.24, 2.45) is 0 Å². The second-order valence-corrected chi connectivity index (χ2v) is 8.82. The molecular formula is C19H16N2O6S3. The highest BCUT2D eigenvalue weighted by Crippen LogP contribution is 2.36. The maximum atomic E-state index is 12.8. The Hall–Kier alpha value is -2.63. The van der Waals surface area contributed by atoms with Gasteiger partial charge in [0.1, 0.15) is 21.9 Å². The number of nitro groups is 1. The van der Waals surface area contributed by atoms with Crippen LogP contribution in [0.25, 0.3) is 17.4 Å². The molecule has 0 aliphatic carbocycles. The van der Waals surface area contributed by atoms with Gasteiger partial charge >= 0.3 is 5.97 Å². The lowest BCUT2D eigenvalue weighted by molar-refractivity contribution is -0.384. The standard InChI is InChI=1S/C19H16N2O6S3/c1-29-9-8-14(18(23)24)20-17(22)16(30-19(20)28)10-11-6-7-15(27-11)12-4-2-3-5-13(12)21(25)26/h2-7,10,14H,8-9H2,1H3,(H,23,24)/b16-10-. The Labute approximate surface area is 185 Å². The zero-order valence-corrected chi connectivity index (χ0v) is 18.1. The van der Waals surface area contributed by atoms with Gasteiger partial charge in [-0.2, -0.15) is 11.8 Å². The van der Waals surface area contributed by atoms with Crippen LogP contribution in [-0.4, -0.2) is 49.2 Å². The van der Waals surface area contributed by atoms with Gasteiger partial charge in [0.05, 0.1) is 15.4 Å². The molecule has 0 radical (unpaired) electrons. The Morgan fingerprint density at radius 2 is 2.13 bits per heavy atom. The summed E-state index contributed by atoms with van der Waals surface area (Å²) in [4.78, 5) is 36.5. The van der Waals surface area contributed by atoms with E-state index < -0.39 is 22.8 Å². The Balaban J connectivity index is 1.87. The first-order valence-electron chi connectivity index (χ1n) is 8.66. The molecular weight excluding hydrogens is 448 g/mol. The summed E-state index contributed by atoms with van der Waals surface area (Å²) in [6.07, 6.45) is 3.60. The largest absolute Gasteiger partial charge is 0.480 e. The number of furan rings is 1. The monoisotopic (exact) mass is 464 g/mol. The van der Waals surface area contributed by atoms with Crippen molar-refractivity contribution in [2.75, 3.05) is 12.0 Å². The van der Waals surface area contributed by atoms with Crippen LogP contribution in [0.1, 0.15) is 12.2 Å². The number of carbonyl (C=O) groups excluding carboxylic acids is 1. The van der Waals surface area contributed by atoms with Crippen molar-refractivity contribution < 1.29 is 24.0 Å². The molecule has 1 aliphatic heterocycles. The van der Waals surface area contributed by atoms with Crippen LogP contribution in [0.3, 0.4) is 0 Å². The molecule has 1 aliphatic rings. The lowest BCUT2D eigenvalue weighted by atomic mass is 10.1. The van der Waals surface area contributed by atoms with Gasteiger partial charge in [0.25, 0.3) is 11.6 Å². The van der Waals surface area contributed by atoms with Gasteiger partial charge in [-0.1, -0.05) is 36.1 Å². The average molecular weight is 465 g/mol. The minimum Gasteiger partial charge on any atom is -0.480 e. The molecule has 0 bridgehead atoms. The van der Waals surface area contributed by atoms with Crippen LogP contribution in [0.2, 0.25) is 0 Å². The van der Waals surface area contributed by atoms with Crippen LogP contribution in [0.4, 0.5) is 5.69 Å². The SMILES string of the molecule is CSCCC(C(=O)O)N1C(=O)/C(=C/c2ccc(-c3ccccc3[N+](=O)[O-])o2)SC1=S. The fourth-order valence-corrected chi connectivity index (χ4v) is 4.68. The van der Waals surface area contributed by atoms with Crippen LogP contribution in [0, 0.1) is 10.1 Å². The Kier molecular flexibility index (Phi) is 6.95. The molecule has 11 heteroatoms. The van der Waals surface area contributed by atoms with Gasteiger partial charge < -0.3 is 9.52 Å². The molecule has 8 nitrogen and oxygen atoms in total. The Morgan fingerprint density at radius 3 is 2.80 bits per heavy atom. The van der Waals surface area contributed by atoms with Gasteiger partial charge in [-0.05, 0) is 36.6 Å². The number of benzene rings is 1. The molecule has 1 aromatic heterocycles. The number of nitrogens with zero attached hydrogens (tertiary/aromatic N) is 2.